The molecule has 1 amide bonds. The van der Waals surface area contributed by atoms with Gasteiger partial charge in [-0.05, 0) is 25.0 Å². The molecule has 0 bridgehead atoms. The van der Waals surface area contributed by atoms with E-state index in [4.69, 9.17) is 0 Å². The van der Waals surface area contributed by atoms with Crippen LogP contribution in [0.25, 0.3) is 0 Å². The summed E-state index contributed by atoms with van der Waals surface area (Å²) in [5, 5.41) is 20.4. The van der Waals surface area contributed by atoms with Crippen molar-refractivity contribution in [3.63, 3.8) is 0 Å². The van der Waals surface area contributed by atoms with Gasteiger partial charge in [0.05, 0.1) is 11.3 Å². The van der Waals surface area contributed by atoms with Gasteiger partial charge in [-0.2, -0.15) is 0 Å². The lowest BCUT2D eigenvalue weighted by atomic mass is 10.0. The van der Waals surface area contributed by atoms with Gasteiger partial charge in [-0.25, -0.2) is 0 Å². The summed E-state index contributed by atoms with van der Waals surface area (Å²) in [5.41, 5.74) is 1.74. The summed E-state index contributed by atoms with van der Waals surface area (Å²) in [4.78, 5) is 15.3. The van der Waals surface area contributed by atoms with Gasteiger partial charge in [0.15, 0.2) is 6.10 Å². The average Bonchev–Trinajstić information content (AvgIpc) is 2.98. The standard InChI is InChI=1S/C16H22N2O3/c1-17(10-16(21)7-3-4-8-16)11-5-6-12-13(9-11)18(2)15(20)14(12)19/h5-6,9,14,19,21H,3-4,7-8,10H2,1-2H3. The Morgan fingerprint density at radius 1 is 1.38 bits per heavy atom. The summed E-state index contributed by atoms with van der Waals surface area (Å²) in [7, 11) is 3.62. The maximum Gasteiger partial charge on any atom is 0.260 e. The Bertz CT molecular complexity index is 567. The molecule has 1 atom stereocenters. The number of anilines is 2. The number of nitrogens with zero attached hydrogens (tertiary/aromatic N) is 2. The number of likely N-dealkylation sites (N-methyl/N-ethyl adjacent to an activating group) is 2. The highest BCUT2D eigenvalue weighted by atomic mass is 16.3. The van der Waals surface area contributed by atoms with E-state index in [0.29, 0.717) is 12.1 Å². The molecule has 1 unspecified atom stereocenters. The van der Waals surface area contributed by atoms with Gasteiger partial charge in [0.25, 0.3) is 5.91 Å². The molecule has 2 aliphatic rings. The fraction of sp³-hybridized carbons (Fsp3) is 0.562. The fourth-order valence-electron chi connectivity index (χ4n) is 3.45. The van der Waals surface area contributed by atoms with Crippen LogP contribution in [-0.2, 0) is 4.79 Å². The quantitative estimate of drug-likeness (QED) is 0.884. The lowest BCUT2D eigenvalue weighted by Gasteiger charge is -2.30. The number of aliphatic hydroxyl groups excluding tert-OH is 1. The minimum atomic E-state index is -1.05. The number of aliphatic hydroxyl groups is 2. The van der Waals surface area contributed by atoms with Crippen molar-refractivity contribution in [2.24, 2.45) is 0 Å². The number of benzene rings is 1. The fourth-order valence-corrected chi connectivity index (χ4v) is 3.45. The van der Waals surface area contributed by atoms with E-state index in [1.807, 2.05) is 24.1 Å². The van der Waals surface area contributed by atoms with Crippen LogP contribution in [0.1, 0.15) is 37.4 Å². The topological polar surface area (TPSA) is 64.0 Å². The van der Waals surface area contributed by atoms with E-state index in [0.717, 1.165) is 37.1 Å². The monoisotopic (exact) mass is 290 g/mol. The zero-order valence-corrected chi connectivity index (χ0v) is 12.5. The molecule has 1 aromatic carbocycles. The van der Waals surface area contributed by atoms with Crippen molar-refractivity contribution in [3.8, 4) is 0 Å². The normalized spacial score (nSPS) is 23.5. The van der Waals surface area contributed by atoms with Crippen molar-refractivity contribution < 1.29 is 15.0 Å². The first-order valence-electron chi connectivity index (χ1n) is 7.44. The molecule has 0 spiro atoms. The highest BCUT2D eigenvalue weighted by Crippen LogP contribution is 2.38. The molecule has 1 fully saturated rings. The largest absolute Gasteiger partial charge is 0.388 e. The zero-order valence-electron chi connectivity index (χ0n) is 12.5. The number of rotatable bonds is 3. The van der Waals surface area contributed by atoms with Crippen LogP contribution in [0, 0.1) is 0 Å². The first-order chi connectivity index (χ1) is 9.91. The molecule has 1 aromatic rings. The second-order valence-corrected chi connectivity index (χ2v) is 6.33. The van der Waals surface area contributed by atoms with Crippen LogP contribution in [0.4, 0.5) is 11.4 Å². The lowest BCUT2D eigenvalue weighted by molar-refractivity contribution is -0.125. The number of amides is 1. The second-order valence-electron chi connectivity index (χ2n) is 6.33. The van der Waals surface area contributed by atoms with E-state index < -0.39 is 11.7 Å². The molecule has 3 rings (SSSR count). The van der Waals surface area contributed by atoms with Gasteiger partial charge in [-0.1, -0.05) is 18.9 Å². The summed E-state index contributed by atoms with van der Waals surface area (Å²) in [6.45, 7) is 0.589. The Balaban J connectivity index is 1.83. The minimum Gasteiger partial charge on any atom is -0.388 e. The number of hydrogen-bond acceptors (Lipinski definition) is 4. The smallest absolute Gasteiger partial charge is 0.260 e. The molecule has 114 valence electrons. The van der Waals surface area contributed by atoms with E-state index in [1.54, 1.807) is 13.1 Å². The van der Waals surface area contributed by atoms with Gasteiger partial charge in [-0.15, -0.1) is 0 Å². The molecular formula is C16H22N2O3. The molecule has 0 aromatic heterocycles. The summed E-state index contributed by atoms with van der Waals surface area (Å²) in [6, 6.07) is 5.60. The maximum absolute atomic E-state index is 11.8. The van der Waals surface area contributed by atoms with Crippen LogP contribution in [0.5, 0.6) is 0 Å². The Kier molecular flexibility index (Phi) is 3.42. The predicted molar refractivity (Wildman–Crippen MR) is 81.5 cm³/mol. The number of carbonyl (C=O) groups is 1. The third-order valence-electron chi connectivity index (χ3n) is 4.74. The molecule has 1 aliphatic heterocycles. The number of fused-ring (bicyclic) bond motifs is 1. The molecule has 1 aliphatic carbocycles. The maximum atomic E-state index is 11.8. The summed E-state index contributed by atoms with van der Waals surface area (Å²) in [5.74, 6) is -0.292. The van der Waals surface area contributed by atoms with Gasteiger partial charge in [0.1, 0.15) is 0 Å². The van der Waals surface area contributed by atoms with E-state index in [9.17, 15) is 15.0 Å². The SMILES string of the molecule is CN(CC1(O)CCCC1)c1ccc2c(c1)N(C)C(=O)C2O. The third-order valence-corrected chi connectivity index (χ3v) is 4.74. The minimum absolute atomic E-state index is 0.292. The van der Waals surface area contributed by atoms with Crippen LogP contribution in [0.15, 0.2) is 18.2 Å². The molecule has 1 heterocycles. The Labute approximate surface area is 124 Å². The van der Waals surface area contributed by atoms with Crippen LogP contribution in [0.3, 0.4) is 0 Å². The Morgan fingerprint density at radius 3 is 2.71 bits per heavy atom. The van der Waals surface area contributed by atoms with E-state index in [2.05, 4.69) is 0 Å². The summed E-state index contributed by atoms with van der Waals surface area (Å²) < 4.78 is 0. The van der Waals surface area contributed by atoms with Crippen LogP contribution in [-0.4, -0.2) is 42.4 Å². The zero-order chi connectivity index (χ0) is 15.2. The van der Waals surface area contributed by atoms with Crippen molar-refractivity contribution in [3.05, 3.63) is 23.8 Å². The molecular weight excluding hydrogens is 268 g/mol. The molecule has 0 saturated heterocycles. The van der Waals surface area contributed by atoms with Crippen LogP contribution >= 0.6 is 0 Å². The molecule has 1 saturated carbocycles. The van der Waals surface area contributed by atoms with Gasteiger partial charge >= 0.3 is 0 Å². The molecule has 5 heteroatoms. The molecule has 0 radical (unpaired) electrons. The van der Waals surface area contributed by atoms with E-state index >= 15 is 0 Å². The third kappa shape index (κ3) is 2.40. The second kappa shape index (κ2) is 5.00. The van der Waals surface area contributed by atoms with Gasteiger partial charge < -0.3 is 20.0 Å². The highest BCUT2D eigenvalue weighted by molar-refractivity contribution is 6.03. The Hall–Kier alpha value is -1.59. The summed E-state index contributed by atoms with van der Waals surface area (Å²) in [6.07, 6.45) is 2.80. The van der Waals surface area contributed by atoms with Gasteiger partial charge in [0.2, 0.25) is 0 Å². The Morgan fingerprint density at radius 2 is 2.05 bits per heavy atom. The molecule has 5 nitrogen and oxygen atoms in total. The van der Waals surface area contributed by atoms with Crippen molar-refractivity contribution in [1.82, 2.24) is 0 Å². The molecule has 2 N–H and O–H groups in total. The first kappa shape index (κ1) is 14.4. The van der Waals surface area contributed by atoms with Crippen LogP contribution in [0.2, 0.25) is 0 Å². The lowest BCUT2D eigenvalue weighted by Crippen LogP contribution is -2.39. The number of carbonyl (C=O) groups excluding carboxylic acids is 1. The average molecular weight is 290 g/mol. The van der Waals surface area contributed by atoms with Crippen molar-refractivity contribution in [2.75, 3.05) is 30.4 Å². The van der Waals surface area contributed by atoms with E-state index in [-0.39, 0.29) is 5.91 Å². The van der Waals surface area contributed by atoms with Crippen molar-refractivity contribution >= 4 is 17.3 Å². The van der Waals surface area contributed by atoms with Crippen molar-refractivity contribution in [2.45, 2.75) is 37.4 Å². The predicted octanol–water partition coefficient (Wildman–Crippen LogP) is 1.44. The van der Waals surface area contributed by atoms with Crippen molar-refractivity contribution in [1.29, 1.82) is 0 Å². The van der Waals surface area contributed by atoms with Crippen LogP contribution < -0.4 is 9.80 Å². The first-order valence-corrected chi connectivity index (χ1v) is 7.44. The highest BCUT2D eigenvalue weighted by Gasteiger charge is 2.35. The summed E-state index contributed by atoms with van der Waals surface area (Å²) >= 11 is 0. The molecule has 21 heavy (non-hydrogen) atoms. The van der Waals surface area contributed by atoms with Gasteiger partial charge in [0, 0.05) is 31.9 Å². The number of hydrogen-bond donors (Lipinski definition) is 2. The van der Waals surface area contributed by atoms with E-state index in [1.165, 1.54) is 4.90 Å². The van der Waals surface area contributed by atoms with Gasteiger partial charge in [-0.3, -0.25) is 4.79 Å².